The van der Waals surface area contributed by atoms with Crippen LogP contribution in [0.5, 0.6) is 0 Å². The molecule has 0 fully saturated rings. The molecule has 3 N–H and O–H groups in total. The number of likely N-dealkylation sites (N-methyl/N-ethyl adjacent to an activating group) is 1. The lowest BCUT2D eigenvalue weighted by atomic mass is 10.2. The third-order valence-corrected chi connectivity index (χ3v) is 5.96. The molecule has 24 heavy (non-hydrogen) atoms. The number of hydrogen-bond donors (Lipinski definition) is 2. The fraction of sp³-hybridized carbons (Fsp3) is 0.167. The molecule has 0 saturated carbocycles. The summed E-state index contributed by atoms with van der Waals surface area (Å²) in [4.78, 5) is 22.5. The van der Waals surface area contributed by atoms with Gasteiger partial charge in [0.15, 0.2) is 0 Å². The molecule has 1 amide bonds. The highest BCUT2D eigenvalue weighted by Crippen LogP contribution is 2.26. The van der Waals surface area contributed by atoms with Gasteiger partial charge in [0.2, 0.25) is 5.91 Å². The van der Waals surface area contributed by atoms with Crippen molar-refractivity contribution in [2.45, 2.75) is 0 Å². The Morgan fingerprint density at radius 1 is 1.38 bits per heavy atom. The number of rotatable bonds is 4. The monoisotopic (exact) mass is 340 g/mol. The van der Waals surface area contributed by atoms with Crippen LogP contribution in [0.25, 0.3) is 12.2 Å². The fourth-order valence-corrected chi connectivity index (χ4v) is 4.13. The van der Waals surface area contributed by atoms with Crippen LogP contribution in [0, 0.1) is 4.51 Å². The van der Waals surface area contributed by atoms with Crippen molar-refractivity contribution >= 4 is 34.4 Å². The normalized spacial score (nSPS) is 16.4. The highest BCUT2D eigenvalue weighted by Gasteiger charge is 2.11. The van der Waals surface area contributed by atoms with Crippen molar-refractivity contribution in [1.29, 1.82) is 0 Å². The van der Waals surface area contributed by atoms with E-state index in [0.717, 1.165) is 10.9 Å². The largest absolute Gasteiger partial charge is 0.384 e. The summed E-state index contributed by atoms with van der Waals surface area (Å²) in [7, 11) is 1.82. The summed E-state index contributed by atoms with van der Waals surface area (Å²) >= 11 is 0. The Labute approximate surface area is 143 Å². The van der Waals surface area contributed by atoms with Crippen LogP contribution in [0.15, 0.2) is 47.6 Å². The number of nitrogens with zero attached hydrogens (tertiary/aromatic N) is 2. The van der Waals surface area contributed by atoms with E-state index < -0.39 is 0 Å². The van der Waals surface area contributed by atoms with Gasteiger partial charge < -0.3 is 15.6 Å². The molecule has 0 aromatic carbocycles. The molecule has 0 spiro atoms. The molecule has 5 nitrogen and oxygen atoms in total. The molecule has 0 radical (unpaired) electrons. The molecule has 1 atom stereocenters. The minimum absolute atomic E-state index is 0.00525. The molecule has 124 valence electrons. The van der Waals surface area contributed by atoms with Gasteiger partial charge in [-0.2, -0.15) is 10.5 Å². The summed E-state index contributed by atoms with van der Waals surface area (Å²) in [5.41, 5.74) is 6.40. The number of nitrogens with one attached hydrogen (secondary N) is 1. The van der Waals surface area contributed by atoms with Crippen molar-refractivity contribution in [2.24, 2.45) is 0 Å². The number of pyridine rings is 1. The SMILES string of the molecule is CN(CC1=CC=c2[nH]ccc2=S1C)C(=O)/C=C/c1ccc(N)nc1. The Morgan fingerprint density at radius 3 is 2.96 bits per heavy atom. The maximum atomic E-state index is 12.3. The van der Waals surface area contributed by atoms with Gasteiger partial charge in [0, 0.05) is 30.0 Å². The maximum Gasteiger partial charge on any atom is 0.246 e. The zero-order valence-corrected chi connectivity index (χ0v) is 14.5. The zero-order chi connectivity index (χ0) is 17.1. The number of amides is 1. The molecule has 2 aromatic rings. The van der Waals surface area contributed by atoms with Crippen LogP contribution in [-0.4, -0.2) is 40.6 Å². The van der Waals surface area contributed by atoms with Crippen LogP contribution < -0.4 is 11.1 Å². The van der Waals surface area contributed by atoms with Crippen molar-refractivity contribution < 1.29 is 4.79 Å². The third-order valence-electron chi connectivity index (χ3n) is 3.89. The van der Waals surface area contributed by atoms with E-state index in [9.17, 15) is 4.79 Å². The van der Waals surface area contributed by atoms with Gasteiger partial charge in [-0.05, 0) is 53.2 Å². The first kappa shape index (κ1) is 16.3. The number of hydrogen-bond acceptors (Lipinski definition) is 3. The molecule has 3 rings (SSSR count). The molecule has 1 aliphatic rings. The van der Waals surface area contributed by atoms with E-state index in [1.165, 1.54) is 9.42 Å². The lowest BCUT2D eigenvalue weighted by Gasteiger charge is -2.19. The van der Waals surface area contributed by atoms with Crippen LogP contribution in [0.2, 0.25) is 0 Å². The summed E-state index contributed by atoms with van der Waals surface area (Å²) in [5, 5.41) is 1.16. The fourth-order valence-electron chi connectivity index (χ4n) is 2.46. The van der Waals surface area contributed by atoms with Crippen molar-refractivity contribution in [3.8, 4) is 0 Å². The maximum absolute atomic E-state index is 12.3. The number of allylic oxidation sites excluding steroid dienone is 1. The average Bonchev–Trinajstić information content (AvgIpc) is 3.06. The molecule has 0 saturated heterocycles. The average molecular weight is 340 g/mol. The van der Waals surface area contributed by atoms with Gasteiger partial charge in [-0.1, -0.05) is 0 Å². The van der Waals surface area contributed by atoms with E-state index in [1.807, 2.05) is 19.3 Å². The van der Waals surface area contributed by atoms with Gasteiger partial charge in [-0.3, -0.25) is 4.79 Å². The van der Waals surface area contributed by atoms with E-state index in [4.69, 9.17) is 5.73 Å². The van der Waals surface area contributed by atoms with Gasteiger partial charge in [0.25, 0.3) is 0 Å². The Hall–Kier alpha value is -2.60. The highest BCUT2D eigenvalue weighted by atomic mass is 32.2. The van der Waals surface area contributed by atoms with Crippen LogP contribution in [0.3, 0.4) is 0 Å². The molecular formula is C18H20N4OS. The molecule has 6 heteroatoms. The van der Waals surface area contributed by atoms with Crippen LogP contribution in [-0.2, 0) is 4.79 Å². The summed E-state index contributed by atoms with van der Waals surface area (Å²) in [6, 6.07) is 5.66. The second-order valence-electron chi connectivity index (χ2n) is 5.61. The van der Waals surface area contributed by atoms with Crippen molar-refractivity contribution in [3.63, 3.8) is 0 Å². The van der Waals surface area contributed by atoms with Crippen molar-refractivity contribution in [2.75, 3.05) is 25.6 Å². The molecule has 0 aliphatic carbocycles. The van der Waals surface area contributed by atoms with Gasteiger partial charge in [0.05, 0.1) is 11.9 Å². The summed E-state index contributed by atoms with van der Waals surface area (Å²) < 4.78 is 1.30. The first-order valence-electron chi connectivity index (χ1n) is 7.56. The number of anilines is 1. The quantitative estimate of drug-likeness (QED) is 0.660. The molecule has 1 aliphatic heterocycles. The standard InChI is InChI=1S/C18H20N4OS/c1-22(18(23)8-4-13-3-7-17(19)21-11-13)12-14-5-6-15-16(24(14)2)9-10-20-15/h3-11,20H,12H2,1-2H3,(H2,19,21)/b8-4+. The first-order chi connectivity index (χ1) is 11.5. The van der Waals surface area contributed by atoms with Gasteiger partial charge in [0.1, 0.15) is 5.82 Å². The van der Waals surface area contributed by atoms with Crippen LogP contribution in [0.4, 0.5) is 5.82 Å². The van der Waals surface area contributed by atoms with E-state index in [2.05, 4.69) is 34.4 Å². The zero-order valence-electron chi connectivity index (χ0n) is 13.7. The van der Waals surface area contributed by atoms with E-state index >= 15 is 0 Å². The predicted octanol–water partition coefficient (Wildman–Crippen LogP) is 1.99. The van der Waals surface area contributed by atoms with Crippen LogP contribution >= 0.6 is 10.5 Å². The number of nitrogen functional groups attached to an aromatic ring is 1. The summed E-state index contributed by atoms with van der Waals surface area (Å²) in [5.74, 6) is 0.430. The number of fused-ring (bicyclic) bond motifs is 1. The lowest BCUT2D eigenvalue weighted by Crippen LogP contribution is -2.27. The minimum Gasteiger partial charge on any atom is -0.384 e. The lowest BCUT2D eigenvalue weighted by molar-refractivity contribution is -0.124. The second kappa shape index (κ2) is 6.88. The van der Waals surface area contributed by atoms with Gasteiger partial charge >= 0.3 is 0 Å². The summed E-state index contributed by atoms with van der Waals surface area (Å²) in [6.45, 7) is 0.615. The Morgan fingerprint density at radius 2 is 2.21 bits per heavy atom. The number of aromatic nitrogens is 2. The number of nitrogens with two attached hydrogens (primary N) is 1. The number of H-pyrrole nitrogens is 1. The van der Waals surface area contributed by atoms with E-state index in [0.29, 0.717) is 12.4 Å². The smallest absolute Gasteiger partial charge is 0.246 e. The Balaban J connectivity index is 1.68. The number of carbonyl (C=O) groups is 1. The third kappa shape index (κ3) is 3.49. The molecular weight excluding hydrogens is 320 g/mol. The van der Waals surface area contributed by atoms with Crippen LogP contribution in [0.1, 0.15) is 5.56 Å². The first-order valence-corrected chi connectivity index (χ1v) is 9.20. The molecule has 2 aromatic heterocycles. The van der Waals surface area contributed by atoms with E-state index in [-0.39, 0.29) is 16.4 Å². The Kier molecular flexibility index (Phi) is 4.66. The van der Waals surface area contributed by atoms with Crippen molar-refractivity contribution in [3.05, 3.63) is 63.1 Å². The number of carbonyl (C=O) groups excluding carboxylic acids is 1. The van der Waals surface area contributed by atoms with Crippen molar-refractivity contribution in [1.82, 2.24) is 14.9 Å². The second-order valence-corrected chi connectivity index (χ2v) is 7.59. The van der Waals surface area contributed by atoms with Gasteiger partial charge in [-0.25, -0.2) is 4.98 Å². The predicted molar refractivity (Wildman–Crippen MR) is 101 cm³/mol. The van der Waals surface area contributed by atoms with E-state index in [1.54, 1.807) is 29.3 Å². The molecule has 1 unspecified atom stereocenters. The highest BCUT2D eigenvalue weighted by molar-refractivity contribution is 8.12. The number of aromatic amines is 1. The minimum atomic E-state index is -0.0374. The van der Waals surface area contributed by atoms with Gasteiger partial charge in [-0.15, -0.1) is 0 Å². The molecule has 3 heterocycles. The summed E-state index contributed by atoms with van der Waals surface area (Å²) in [6.07, 6.45) is 13.3. The topological polar surface area (TPSA) is 75.0 Å². The Bertz CT molecular complexity index is 938. The molecule has 0 bridgehead atoms.